The molecular formula is C17H20N4O2S. The van der Waals surface area contributed by atoms with Crippen molar-refractivity contribution in [2.75, 3.05) is 6.54 Å². The zero-order valence-electron chi connectivity index (χ0n) is 13.2. The fraction of sp³-hybridized carbons (Fsp3) is 0.294. The van der Waals surface area contributed by atoms with Gasteiger partial charge in [0.2, 0.25) is 5.89 Å². The van der Waals surface area contributed by atoms with E-state index in [-0.39, 0.29) is 6.54 Å². The van der Waals surface area contributed by atoms with Gasteiger partial charge in [-0.1, -0.05) is 41.6 Å². The van der Waals surface area contributed by atoms with Gasteiger partial charge in [-0.25, -0.2) is 0 Å². The van der Waals surface area contributed by atoms with Crippen molar-refractivity contribution in [2.24, 2.45) is 5.73 Å². The number of aliphatic hydroxyl groups excluding tert-OH is 1. The molecule has 0 bridgehead atoms. The highest BCUT2D eigenvalue weighted by Crippen LogP contribution is 2.21. The fourth-order valence-corrected chi connectivity index (χ4v) is 3.18. The molecule has 2 heterocycles. The van der Waals surface area contributed by atoms with E-state index in [9.17, 15) is 5.11 Å². The van der Waals surface area contributed by atoms with Gasteiger partial charge in [0.15, 0.2) is 5.82 Å². The molecule has 24 heavy (non-hydrogen) atoms. The van der Waals surface area contributed by atoms with Crippen molar-refractivity contribution in [3.63, 3.8) is 0 Å². The summed E-state index contributed by atoms with van der Waals surface area (Å²) in [4.78, 5) is 7.31. The molecule has 3 rings (SSSR count). The normalized spacial score (nSPS) is 12.6. The van der Waals surface area contributed by atoms with E-state index in [0.717, 1.165) is 4.88 Å². The molecule has 6 nitrogen and oxygen atoms in total. The molecule has 3 aromatic rings. The number of aromatic nitrogens is 2. The summed E-state index contributed by atoms with van der Waals surface area (Å²) >= 11 is 1.55. The predicted octanol–water partition coefficient (Wildman–Crippen LogP) is 2.33. The second-order valence-corrected chi connectivity index (χ2v) is 6.47. The van der Waals surface area contributed by atoms with Gasteiger partial charge in [-0.05, 0) is 17.0 Å². The van der Waals surface area contributed by atoms with Gasteiger partial charge in [0.1, 0.15) is 6.10 Å². The van der Waals surface area contributed by atoms with Crippen LogP contribution in [0, 0.1) is 0 Å². The maximum Gasteiger partial charge on any atom is 0.240 e. The van der Waals surface area contributed by atoms with Crippen LogP contribution in [-0.2, 0) is 19.6 Å². The lowest BCUT2D eigenvalue weighted by atomic mass is 10.2. The molecule has 0 radical (unpaired) electrons. The van der Waals surface area contributed by atoms with Gasteiger partial charge in [-0.15, -0.1) is 11.3 Å². The van der Waals surface area contributed by atoms with Crippen LogP contribution in [0.25, 0.3) is 0 Å². The van der Waals surface area contributed by atoms with Gasteiger partial charge in [-0.2, -0.15) is 4.98 Å². The van der Waals surface area contributed by atoms with Gasteiger partial charge >= 0.3 is 0 Å². The molecule has 0 saturated heterocycles. The molecule has 0 amide bonds. The summed E-state index contributed by atoms with van der Waals surface area (Å²) in [5, 5.41) is 16.4. The van der Waals surface area contributed by atoms with Crippen molar-refractivity contribution in [3.05, 3.63) is 70.0 Å². The first-order valence-corrected chi connectivity index (χ1v) is 8.62. The number of hydrogen-bond donors (Lipinski definition) is 2. The fourth-order valence-electron chi connectivity index (χ4n) is 2.48. The van der Waals surface area contributed by atoms with E-state index in [4.69, 9.17) is 10.3 Å². The molecule has 126 valence electrons. The lowest BCUT2D eigenvalue weighted by Gasteiger charge is -2.23. The van der Waals surface area contributed by atoms with Crippen LogP contribution in [0.15, 0.2) is 52.4 Å². The van der Waals surface area contributed by atoms with Crippen LogP contribution < -0.4 is 5.73 Å². The second kappa shape index (κ2) is 8.16. The van der Waals surface area contributed by atoms with Crippen molar-refractivity contribution in [1.29, 1.82) is 0 Å². The first-order chi connectivity index (χ1) is 11.7. The van der Waals surface area contributed by atoms with E-state index in [1.54, 1.807) is 11.3 Å². The second-order valence-electron chi connectivity index (χ2n) is 5.49. The van der Waals surface area contributed by atoms with E-state index < -0.39 is 6.10 Å². The van der Waals surface area contributed by atoms with Crippen LogP contribution in [-0.4, -0.2) is 26.7 Å². The van der Waals surface area contributed by atoms with Crippen LogP contribution in [0.3, 0.4) is 0 Å². The zero-order chi connectivity index (χ0) is 16.8. The summed E-state index contributed by atoms with van der Waals surface area (Å²) in [6.07, 6.45) is -0.547. The number of rotatable bonds is 8. The average molecular weight is 344 g/mol. The van der Waals surface area contributed by atoms with Crippen molar-refractivity contribution >= 4 is 11.3 Å². The molecule has 0 aliphatic carbocycles. The van der Waals surface area contributed by atoms with E-state index in [2.05, 4.69) is 27.2 Å². The Hall–Kier alpha value is -2.06. The van der Waals surface area contributed by atoms with E-state index in [1.807, 2.05) is 35.7 Å². The zero-order valence-corrected chi connectivity index (χ0v) is 14.0. The van der Waals surface area contributed by atoms with Crippen molar-refractivity contribution in [3.8, 4) is 0 Å². The molecule has 0 fully saturated rings. The molecule has 1 unspecified atom stereocenters. The minimum absolute atomic E-state index is 0.226. The Balaban J connectivity index is 1.72. The van der Waals surface area contributed by atoms with Gasteiger partial charge < -0.3 is 15.4 Å². The number of benzene rings is 1. The van der Waals surface area contributed by atoms with Gasteiger partial charge in [0.25, 0.3) is 0 Å². The van der Waals surface area contributed by atoms with Crippen molar-refractivity contribution < 1.29 is 9.63 Å². The van der Waals surface area contributed by atoms with Gasteiger partial charge in [0.05, 0.1) is 13.1 Å². The molecule has 0 saturated carbocycles. The van der Waals surface area contributed by atoms with Crippen molar-refractivity contribution in [1.82, 2.24) is 15.0 Å². The molecule has 2 aromatic heterocycles. The van der Waals surface area contributed by atoms with Crippen LogP contribution in [0.4, 0.5) is 0 Å². The van der Waals surface area contributed by atoms with Crippen LogP contribution >= 0.6 is 11.3 Å². The van der Waals surface area contributed by atoms with E-state index in [0.29, 0.717) is 31.3 Å². The third-order valence-electron chi connectivity index (χ3n) is 3.60. The third kappa shape index (κ3) is 4.48. The first kappa shape index (κ1) is 16.8. The minimum atomic E-state index is -0.547. The highest BCUT2D eigenvalue weighted by atomic mass is 32.1. The van der Waals surface area contributed by atoms with E-state index >= 15 is 0 Å². The molecule has 0 spiro atoms. The molecule has 7 heteroatoms. The van der Waals surface area contributed by atoms with Crippen LogP contribution in [0.1, 0.15) is 28.3 Å². The summed E-state index contributed by atoms with van der Waals surface area (Å²) in [7, 11) is 0. The highest BCUT2D eigenvalue weighted by molar-refractivity contribution is 7.10. The summed E-state index contributed by atoms with van der Waals surface area (Å²) in [5.74, 6) is 0.994. The van der Waals surface area contributed by atoms with E-state index in [1.165, 1.54) is 5.56 Å². The van der Waals surface area contributed by atoms with Crippen LogP contribution in [0.5, 0.6) is 0 Å². The molecular weight excluding hydrogens is 324 g/mol. The van der Waals surface area contributed by atoms with Crippen molar-refractivity contribution in [2.45, 2.75) is 25.7 Å². The Labute approximate surface area is 144 Å². The summed E-state index contributed by atoms with van der Waals surface area (Å²) in [6.45, 7) is 1.89. The summed E-state index contributed by atoms with van der Waals surface area (Å²) < 4.78 is 5.07. The molecule has 3 N–H and O–H groups in total. The number of nitrogens with zero attached hydrogens (tertiary/aromatic N) is 3. The first-order valence-electron chi connectivity index (χ1n) is 7.74. The smallest absolute Gasteiger partial charge is 0.240 e. The average Bonchev–Trinajstić information content (AvgIpc) is 3.27. The Morgan fingerprint density at radius 2 is 2.00 bits per heavy atom. The molecule has 0 aliphatic rings. The predicted molar refractivity (Wildman–Crippen MR) is 92.0 cm³/mol. The lowest BCUT2D eigenvalue weighted by Crippen LogP contribution is -2.28. The monoisotopic (exact) mass is 344 g/mol. The standard InChI is InChI=1S/C17H20N4O2S/c18-9-17-19-16(20-23-17)12-21(10-13-5-2-1-3-6-13)11-14(22)15-7-4-8-24-15/h1-8,14,22H,9-12,18H2. The number of aliphatic hydroxyl groups is 1. The number of hydrogen-bond acceptors (Lipinski definition) is 7. The Morgan fingerprint density at radius 3 is 2.67 bits per heavy atom. The Morgan fingerprint density at radius 1 is 1.17 bits per heavy atom. The Bertz CT molecular complexity index is 730. The maximum atomic E-state index is 10.5. The summed E-state index contributed by atoms with van der Waals surface area (Å²) in [5.41, 5.74) is 6.68. The molecule has 1 atom stereocenters. The quantitative estimate of drug-likeness (QED) is 0.652. The summed E-state index contributed by atoms with van der Waals surface area (Å²) in [6, 6.07) is 14.0. The topological polar surface area (TPSA) is 88.4 Å². The minimum Gasteiger partial charge on any atom is -0.386 e. The highest BCUT2D eigenvalue weighted by Gasteiger charge is 2.17. The third-order valence-corrected chi connectivity index (χ3v) is 4.58. The molecule has 1 aromatic carbocycles. The van der Waals surface area contributed by atoms with Gasteiger partial charge in [0, 0.05) is 18.0 Å². The Kier molecular flexibility index (Phi) is 5.71. The largest absolute Gasteiger partial charge is 0.386 e. The lowest BCUT2D eigenvalue weighted by molar-refractivity contribution is 0.105. The number of thiophene rings is 1. The maximum absolute atomic E-state index is 10.5. The number of nitrogens with two attached hydrogens (primary N) is 1. The molecule has 0 aliphatic heterocycles. The van der Waals surface area contributed by atoms with Crippen LogP contribution in [0.2, 0.25) is 0 Å². The SMILES string of the molecule is NCc1nc(CN(Cc2ccccc2)CC(O)c2cccs2)no1. The van der Waals surface area contributed by atoms with Gasteiger partial charge in [-0.3, -0.25) is 4.90 Å².